The van der Waals surface area contributed by atoms with Gasteiger partial charge < -0.3 is 14.7 Å². The van der Waals surface area contributed by atoms with E-state index in [1.807, 2.05) is 0 Å². The number of benzene rings is 1. The molecule has 0 aliphatic carbocycles. The summed E-state index contributed by atoms with van der Waals surface area (Å²) in [5.41, 5.74) is 2.68. The molecule has 1 saturated heterocycles. The van der Waals surface area contributed by atoms with Gasteiger partial charge >= 0.3 is 0 Å². The van der Waals surface area contributed by atoms with Crippen LogP contribution in [0.25, 0.3) is 11.4 Å². The molecule has 30 heavy (non-hydrogen) atoms. The number of nitrogens with zero attached hydrogens (tertiary/aromatic N) is 6. The van der Waals surface area contributed by atoms with Crippen LogP contribution in [0.1, 0.15) is 44.5 Å². The average molecular weight is 413 g/mol. The molecule has 0 spiro atoms. The van der Waals surface area contributed by atoms with Crippen molar-refractivity contribution in [2.24, 2.45) is 5.41 Å². The molecule has 1 fully saturated rings. The van der Waals surface area contributed by atoms with Gasteiger partial charge in [-0.25, -0.2) is 9.67 Å². The van der Waals surface area contributed by atoms with Gasteiger partial charge in [0.1, 0.15) is 5.82 Å². The minimum absolute atomic E-state index is 0.272. The summed E-state index contributed by atoms with van der Waals surface area (Å²) in [6.45, 7) is 13.0. The zero-order valence-electron chi connectivity index (χ0n) is 20.0. The van der Waals surface area contributed by atoms with Gasteiger partial charge in [-0.2, -0.15) is 5.10 Å². The van der Waals surface area contributed by atoms with Crippen molar-refractivity contribution in [2.75, 3.05) is 54.4 Å². The van der Waals surface area contributed by atoms with Crippen LogP contribution in [0.4, 0.5) is 0 Å². The zero-order valence-corrected chi connectivity index (χ0v) is 20.0. The summed E-state index contributed by atoms with van der Waals surface area (Å²) in [5.74, 6) is 2.36. The predicted molar refractivity (Wildman–Crippen MR) is 125 cm³/mol. The molecule has 0 radical (unpaired) electrons. The molecule has 0 bridgehead atoms. The van der Waals surface area contributed by atoms with E-state index in [-0.39, 0.29) is 5.41 Å². The summed E-state index contributed by atoms with van der Waals surface area (Å²) in [4.78, 5) is 12.1. The lowest BCUT2D eigenvalue weighted by molar-refractivity contribution is 0.316. The lowest BCUT2D eigenvalue weighted by Gasteiger charge is -2.22. The third-order valence-electron chi connectivity index (χ3n) is 5.78. The third kappa shape index (κ3) is 6.37. The Balaban J connectivity index is 1.91. The van der Waals surface area contributed by atoms with Gasteiger partial charge in [0.15, 0.2) is 5.82 Å². The SMILES string of the molecule is CN(C)Cc1ccc(-c2nc(C3CN(C)CCN(C)C3)n(CCC(C)(C)C)n2)cc1. The maximum absolute atomic E-state index is 5.09. The Morgan fingerprint density at radius 2 is 1.60 bits per heavy atom. The minimum Gasteiger partial charge on any atom is -0.305 e. The summed E-state index contributed by atoms with van der Waals surface area (Å²) in [6, 6.07) is 8.71. The maximum Gasteiger partial charge on any atom is 0.181 e. The van der Waals surface area contributed by atoms with E-state index < -0.39 is 0 Å². The fraction of sp³-hybridized carbons (Fsp3) is 0.667. The quantitative estimate of drug-likeness (QED) is 0.727. The van der Waals surface area contributed by atoms with E-state index in [0.29, 0.717) is 5.92 Å². The second-order valence-electron chi connectivity index (χ2n) is 10.5. The highest BCUT2D eigenvalue weighted by Gasteiger charge is 2.26. The second-order valence-corrected chi connectivity index (χ2v) is 10.5. The van der Waals surface area contributed by atoms with Crippen molar-refractivity contribution in [3.05, 3.63) is 35.7 Å². The second kappa shape index (κ2) is 9.58. The van der Waals surface area contributed by atoms with E-state index in [2.05, 4.69) is 92.6 Å². The lowest BCUT2D eigenvalue weighted by Crippen LogP contribution is -2.27. The molecule has 166 valence electrons. The zero-order chi connectivity index (χ0) is 21.9. The molecular formula is C24H40N6. The Morgan fingerprint density at radius 3 is 2.13 bits per heavy atom. The normalized spacial score (nSPS) is 17.6. The number of rotatable bonds is 6. The van der Waals surface area contributed by atoms with E-state index in [1.54, 1.807) is 0 Å². The average Bonchev–Trinajstić information content (AvgIpc) is 3.00. The molecule has 0 unspecified atom stereocenters. The topological polar surface area (TPSA) is 40.4 Å². The first-order valence-electron chi connectivity index (χ1n) is 11.2. The third-order valence-corrected chi connectivity index (χ3v) is 5.78. The lowest BCUT2D eigenvalue weighted by atomic mass is 9.92. The largest absolute Gasteiger partial charge is 0.305 e. The highest BCUT2D eigenvalue weighted by Crippen LogP contribution is 2.26. The van der Waals surface area contributed by atoms with Gasteiger partial charge in [-0.15, -0.1) is 0 Å². The van der Waals surface area contributed by atoms with Crippen molar-refractivity contribution in [1.29, 1.82) is 0 Å². The van der Waals surface area contributed by atoms with Gasteiger partial charge in [-0.3, -0.25) is 0 Å². The molecule has 0 atom stereocenters. The van der Waals surface area contributed by atoms with Crippen LogP contribution < -0.4 is 0 Å². The first kappa shape index (κ1) is 22.9. The van der Waals surface area contributed by atoms with Crippen molar-refractivity contribution < 1.29 is 0 Å². The van der Waals surface area contributed by atoms with E-state index >= 15 is 0 Å². The first-order valence-corrected chi connectivity index (χ1v) is 11.2. The Bertz CT molecular complexity index is 790. The summed E-state index contributed by atoms with van der Waals surface area (Å²) in [7, 11) is 8.62. The molecule has 2 heterocycles. The molecule has 1 aromatic heterocycles. The standard InChI is InChI=1S/C24H40N6/c1-24(2,3)12-13-30-23(21-17-28(6)14-15-29(7)18-21)25-22(26-30)20-10-8-19(9-11-20)16-27(4)5/h8-11,21H,12-18H2,1-7H3. The van der Waals surface area contributed by atoms with Crippen LogP contribution in [0, 0.1) is 5.41 Å². The fourth-order valence-corrected chi connectivity index (χ4v) is 4.01. The van der Waals surface area contributed by atoms with Crippen molar-refractivity contribution in [2.45, 2.75) is 46.2 Å². The summed E-state index contributed by atoms with van der Waals surface area (Å²) in [5, 5.41) is 4.99. The summed E-state index contributed by atoms with van der Waals surface area (Å²) < 4.78 is 2.19. The molecule has 0 saturated carbocycles. The molecule has 1 aromatic carbocycles. The Kier molecular flexibility index (Phi) is 7.32. The van der Waals surface area contributed by atoms with Crippen LogP contribution in [0.5, 0.6) is 0 Å². The molecule has 1 aliphatic rings. The summed E-state index contributed by atoms with van der Waals surface area (Å²) >= 11 is 0. The number of hydrogen-bond donors (Lipinski definition) is 0. The highest BCUT2D eigenvalue weighted by molar-refractivity contribution is 5.55. The molecule has 3 rings (SSSR count). The van der Waals surface area contributed by atoms with Crippen LogP contribution in [-0.4, -0.2) is 83.8 Å². The van der Waals surface area contributed by atoms with Crippen LogP contribution in [0.3, 0.4) is 0 Å². The number of hydrogen-bond acceptors (Lipinski definition) is 5. The molecule has 0 amide bonds. The number of likely N-dealkylation sites (N-methyl/N-ethyl adjacent to an activating group) is 2. The molecule has 1 aliphatic heterocycles. The molecule has 6 heteroatoms. The Labute approximate surface area is 182 Å². The van der Waals surface area contributed by atoms with Crippen molar-refractivity contribution >= 4 is 0 Å². The monoisotopic (exact) mass is 412 g/mol. The van der Waals surface area contributed by atoms with Crippen molar-refractivity contribution in [1.82, 2.24) is 29.5 Å². The first-order chi connectivity index (χ1) is 14.1. The molecule has 0 N–H and O–H groups in total. The van der Waals surface area contributed by atoms with E-state index in [1.165, 1.54) is 5.56 Å². The molecule has 6 nitrogen and oxygen atoms in total. The highest BCUT2D eigenvalue weighted by atomic mass is 15.4. The Hall–Kier alpha value is -1.76. The van der Waals surface area contributed by atoms with Crippen LogP contribution >= 0.6 is 0 Å². The maximum atomic E-state index is 5.09. The van der Waals surface area contributed by atoms with Gasteiger partial charge in [0.05, 0.1) is 0 Å². The van der Waals surface area contributed by atoms with E-state index in [4.69, 9.17) is 10.1 Å². The summed E-state index contributed by atoms with van der Waals surface area (Å²) in [6.07, 6.45) is 1.09. The predicted octanol–water partition coefficient (Wildman–Crippen LogP) is 3.40. The molecular weight excluding hydrogens is 372 g/mol. The van der Waals surface area contributed by atoms with Crippen LogP contribution in [-0.2, 0) is 13.1 Å². The smallest absolute Gasteiger partial charge is 0.181 e. The Morgan fingerprint density at radius 1 is 1.00 bits per heavy atom. The minimum atomic E-state index is 0.272. The van der Waals surface area contributed by atoms with E-state index in [9.17, 15) is 0 Å². The number of aryl methyl sites for hydroxylation is 1. The van der Waals surface area contributed by atoms with Gasteiger partial charge in [0, 0.05) is 50.7 Å². The fourth-order valence-electron chi connectivity index (χ4n) is 4.01. The van der Waals surface area contributed by atoms with Crippen molar-refractivity contribution in [3.63, 3.8) is 0 Å². The van der Waals surface area contributed by atoms with Crippen LogP contribution in [0.15, 0.2) is 24.3 Å². The molecule has 2 aromatic rings. The van der Waals surface area contributed by atoms with Gasteiger partial charge in [0.25, 0.3) is 0 Å². The van der Waals surface area contributed by atoms with Crippen LogP contribution in [0.2, 0.25) is 0 Å². The number of aromatic nitrogens is 3. The van der Waals surface area contributed by atoms with Gasteiger partial charge in [-0.05, 0) is 45.6 Å². The van der Waals surface area contributed by atoms with E-state index in [0.717, 1.165) is 62.9 Å². The van der Waals surface area contributed by atoms with Crippen molar-refractivity contribution in [3.8, 4) is 11.4 Å². The van der Waals surface area contributed by atoms with Gasteiger partial charge in [-0.1, -0.05) is 45.0 Å². The van der Waals surface area contributed by atoms with Gasteiger partial charge in [0.2, 0.25) is 0 Å².